The number of pyridine rings is 2. The minimum atomic E-state index is -0.289. The van der Waals surface area contributed by atoms with Crippen molar-refractivity contribution in [1.82, 2.24) is 9.97 Å². The summed E-state index contributed by atoms with van der Waals surface area (Å²) >= 11 is 3.39. The average molecular weight is 310 g/mol. The third kappa shape index (κ3) is 2.97. The van der Waals surface area contributed by atoms with Gasteiger partial charge in [-0.2, -0.15) is 0 Å². The maximum atomic E-state index is 9.34. The van der Waals surface area contributed by atoms with Crippen LogP contribution in [0.25, 0.3) is 11.0 Å². The van der Waals surface area contributed by atoms with Gasteiger partial charge in [-0.05, 0) is 41.4 Å². The summed E-state index contributed by atoms with van der Waals surface area (Å²) in [5.74, 6) is 0. The van der Waals surface area contributed by atoms with Crippen LogP contribution in [0.1, 0.15) is 13.3 Å². The first-order valence-electron chi connectivity index (χ1n) is 5.87. The Kier molecular flexibility index (Phi) is 4.14. The smallest absolute Gasteiger partial charge is 0.112 e. The molecule has 2 aromatic heterocycles. The van der Waals surface area contributed by atoms with Gasteiger partial charge in [-0.25, -0.2) is 0 Å². The van der Waals surface area contributed by atoms with Gasteiger partial charge in [0.25, 0.3) is 0 Å². The van der Waals surface area contributed by atoms with Gasteiger partial charge >= 0.3 is 0 Å². The van der Waals surface area contributed by atoms with E-state index in [0.29, 0.717) is 0 Å². The Labute approximate surface area is 115 Å². The van der Waals surface area contributed by atoms with Gasteiger partial charge in [0.05, 0.1) is 17.3 Å². The van der Waals surface area contributed by atoms with Crippen LogP contribution in [0.3, 0.4) is 0 Å². The second-order valence-corrected chi connectivity index (χ2v) is 5.33. The molecule has 96 valence electrons. The average Bonchev–Trinajstić information content (AvgIpc) is 2.34. The van der Waals surface area contributed by atoms with Crippen molar-refractivity contribution in [1.29, 1.82) is 0 Å². The van der Waals surface area contributed by atoms with Crippen LogP contribution in [-0.4, -0.2) is 34.8 Å². The summed E-state index contributed by atoms with van der Waals surface area (Å²) in [5.41, 5.74) is 2.78. The molecule has 0 aliphatic rings. The first kappa shape index (κ1) is 13.2. The Hall–Kier alpha value is -1.20. The van der Waals surface area contributed by atoms with Crippen LogP contribution in [0, 0.1) is 0 Å². The van der Waals surface area contributed by atoms with Crippen LogP contribution in [0.15, 0.2) is 29.0 Å². The van der Waals surface area contributed by atoms with Crippen molar-refractivity contribution in [3.05, 3.63) is 29.0 Å². The molecule has 0 fully saturated rings. The maximum absolute atomic E-state index is 9.34. The van der Waals surface area contributed by atoms with E-state index in [1.807, 2.05) is 19.2 Å². The van der Waals surface area contributed by atoms with Crippen molar-refractivity contribution in [2.45, 2.75) is 19.4 Å². The molecule has 2 rings (SSSR count). The molecule has 0 bridgehead atoms. The molecule has 1 atom stereocenters. The van der Waals surface area contributed by atoms with E-state index in [0.717, 1.165) is 34.2 Å². The van der Waals surface area contributed by atoms with Crippen LogP contribution >= 0.6 is 15.9 Å². The highest BCUT2D eigenvalue weighted by Gasteiger charge is 2.09. The number of fused-ring (bicyclic) bond motifs is 1. The van der Waals surface area contributed by atoms with Crippen LogP contribution in [0.2, 0.25) is 0 Å². The van der Waals surface area contributed by atoms with Crippen molar-refractivity contribution >= 4 is 32.7 Å². The highest BCUT2D eigenvalue weighted by atomic mass is 79.9. The number of rotatable bonds is 4. The molecule has 2 aromatic rings. The van der Waals surface area contributed by atoms with Crippen LogP contribution in [-0.2, 0) is 0 Å². The number of nitrogens with zero attached hydrogens (tertiary/aromatic N) is 3. The summed E-state index contributed by atoms with van der Waals surface area (Å²) in [6.45, 7) is 2.59. The van der Waals surface area contributed by atoms with E-state index in [1.54, 1.807) is 19.3 Å². The maximum Gasteiger partial charge on any atom is 0.112 e. The number of aliphatic hydroxyl groups is 1. The molecule has 0 aromatic carbocycles. The number of aliphatic hydroxyl groups excluding tert-OH is 1. The topological polar surface area (TPSA) is 49.2 Å². The molecule has 0 saturated carbocycles. The second kappa shape index (κ2) is 5.63. The zero-order valence-electron chi connectivity index (χ0n) is 10.5. The summed E-state index contributed by atoms with van der Waals surface area (Å²) < 4.78 is 0.922. The van der Waals surface area contributed by atoms with Crippen LogP contribution < -0.4 is 4.90 Å². The standard InChI is InChI=1S/C13H16BrN3O/c1-9(18)4-6-17(2)12-3-5-15-11-7-10(14)8-16-13(11)12/h3,5,7-9,18H,4,6H2,1-2H3. The highest BCUT2D eigenvalue weighted by Crippen LogP contribution is 2.24. The summed E-state index contributed by atoms with van der Waals surface area (Å²) in [7, 11) is 2.00. The first-order chi connectivity index (χ1) is 8.58. The molecule has 0 amide bonds. The lowest BCUT2D eigenvalue weighted by molar-refractivity contribution is 0.187. The molecule has 1 unspecified atom stereocenters. The van der Waals surface area contributed by atoms with E-state index >= 15 is 0 Å². The molecule has 5 heteroatoms. The van der Waals surface area contributed by atoms with Crippen molar-refractivity contribution in [2.24, 2.45) is 0 Å². The van der Waals surface area contributed by atoms with Crippen molar-refractivity contribution < 1.29 is 5.11 Å². The third-order valence-corrected chi connectivity index (χ3v) is 3.25. The molecule has 0 aliphatic heterocycles. The molecule has 0 saturated heterocycles. The summed E-state index contributed by atoms with van der Waals surface area (Å²) in [4.78, 5) is 10.8. The largest absolute Gasteiger partial charge is 0.393 e. The zero-order valence-corrected chi connectivity index (χ0v) is 12.1. The summed E-state index contributed by atoms with van der Waals surface area (Å²) in [6.07, 6.45) is 4.00. The lowest BCUT2D eigenvalue weighted by Gasteiger charge is -2.21. The van der Waals surface area contributed by atoms with E-state index in [-0.39, 0.29) is 6.10 Å². The van der Waals surface area contributed by atoms with Gasteiger partial charge in [0.1, 0.15) is 5.52 Å². The Bertz CT molecular complexity index is 545. The number of hydrogen-bond donors (Lipinski definition) is 1. The van der Waals surface area contributed by atoms with Gasteiger partial charge < -0.3 is 10.0 Å². The summed E-state index contributed by atoms with van der Waals surface area (Å²) in [6, 6.07) is 3.90. The van der Waals surface area contributed by atoms with Crippen LogP contribution in [0.5, 0.6) is 0 Å². The van der Waals surface area contributed by atoms with Crippen molar-refractivity contribution in [3.63, 3.8) is 0 Å². The molecule has 1 N–H and O–H groups in total. The quantitative estimate of drug-likeness (QED) is 0.943. The first-order valence-corrected chi connectivity index (χ1v) is 6.66. The Morgan fingerprint density at radius 2 is 2.22 bits per heavy atom. The fourth-order valence-electron chi connectivity index (χ4n) is 1.80. The highest BCUT2D eigenvalue weighted by molar-refractivity contribution is 9.10. The van der Waals surface area contributed by atoms with Gasteiger partial charge in [0.15, 0.2) is 0 Å². The minimum absolute atomic E-state index is 0.289. The second-order valence-electron chi connectivity index (χ2n) is 4.41. The number of anilines is 1. The molecular formula is C13H16BrN3O. The predicted molar refractivity (Wildman–Crippen MR) is 76.8 cm³/mol. The molecular weight excluding hydrogens is 294 g/mol. The van der Waals surface area contributed by atoms with E-state index in [4.69, 9.17) is 0 Å². The van der Waals surface area contributed by atoms with Gasteiger partial charge in [0.2, 0.25) is 0 Å². The third-order valence-electron chi connectivity index (χ3n) is 2.82. The van der Waals surface area contributed by atoms with Gasteiger partial charge in [-0.1, -0.05) is 0 Å². The fourth-order valence-corrected chi connectivity index (χ4v) is 2.12. The normalized spacial score (nSPS) is 12.7. The Balaban J connectivity index is 2.32. The molecule has 4 nitrogen and oxygen atoms in total. The van der Waals surface area contributed by atoms with Gasteiger partial charge in [-0.15, -0.1) is 0 Å². The van der Waals surface area contributed by atoms with Crippen molar-refractivity contribution in [3.8, 4) is 0 Å². The number of hydrogen-bond acceptors (Lipinski definition) is 4. The van der Waals surface area contributed by atoms with Gasteiger partial charge in [0, 0.05) is 30.5 Å². The van der Waals surface area contributed by atoms with E-state index in [2.05, 4.69) is 30.8 Å². The number of halogens is 1. The SMILES string of the molecule is CC(O)CCN(C)c1ccnc2cc(Br)cnc12. The van der Waals surface area contributed by atoms with Gasteiger partial charge in [-0.3, -0.25) is 9.97 Å². The molecule has 0 radical (unpaired) electrons. The fraction of sp³-hybridized carbons (Fsp3) is 0.385. The molecule has 0 spiro atoms. The van der Waals surface area contributed by atoms with Crippen molar-refractivity contribution in [2.75, 3.05) is 18.5 Å². The molecule has 0 aliphatic carbocycles. The molecule has 18 heavy (non-hydrogen) atoms. The lowest BCUT2D eigenvalue weighted by atomic mass is 10.2. The number of aromatic nitrogens is 2. The monoisotopic (exact) mass is 309 g/mol. The van der Waals surface area contributed by atoms with Crippen LogP contribution in [0.4, 0.5) is 5.69 Å². The predicted octanol–water partition coefficient (Wildman–Crippen LogP) is 2.60. The zero-order chi connectivity index (χ0) is 13.1. The minimum Gasteiger partial charge on any atom is -0.393 e. The lowest BCUT2D eigenvalue weighted by Crippen LogP contribution is -2.22. The Morgan fingerprint density at radius 1 is 1.44 bits per heavy atom. The van der Waals surface area contributed by atoms with E-state index in [9.17, 15) is 5.11 Å². The Morgan fingerprint density at radius 3 is 2.94 bits per heavy atom. The molecule has 2 heterocycles. The van der Waals surface area contributed by atoms with E-state index < -0.39 is 0 Å². The van der Waals surface area contributed by atoms with E-state index in [1.165, 1.54) is 0 Å². The summed E-state index contributed by atoms with van der Waals surface area (Å²) in [5, 5.41) is 9.34.